The van der Waals surface area contributed by atoms with E-state index < -0.39 is 5.92 Å². The molecular weight excluding hydrogens is 262 g/mol. The number of carbonyl (C=O) groups is 2. The highest BCUT2D eigenvalue weighted by molar-refractivity contribution is 6.12. The molecule has 6 nitrogen and oxygen atoms in total. The summed E-state index contributed by atoms with van der Waals surface area (Å²) in [5.74, 6) is 0.816. The summed E-state index contributed by atoms with van der Waals surface area (Å²) in [6.45, 7) is 3.02. The molecule has 2 unspecified atom stereocenters. The Morgan fingerprint density at radius 3 is 2.95 bits per heavy atom. The minimum atomic E-state index is -0.628. The highest BCUT2D eigenvalue weighted by Crippen LogP contribution is 2.53. The van der Waals surface area contributed by atoms with Crippen LogP contribution in [-0.4, -0.2) is 38.1 Å². The molecule has 104 valence electrons. The second-order valence-corrected chi connectivity index (χ2v) is 5.25. The van der Waals surface area contributed by atoms with Gasteiger partial charge in [0.1, 0.15) is 12.9 Å². The van der Waals surface area contributed by atoms with Gasteiger partial charge in [0.15, 0.2) is 17.3 Å². The van der Waals surface area contributed by atoms with Gasteiger partial charge in [0, 0.05) is 12.1 Å². The summed E-state index contributed by atoms with van der Waals surface area (Å²) in [7, 11) is 0. The molecule has 20 heavy (non-hydrogen) atoms. The molecule has 0 bridgehead atoms. The molecule has 1 aromatic carbocycles. The minimum absolute atomic E-state index is 0.108. The van der Waals surface area contributed by atoms with Crippen molar-refractivity contribution < 1.29 is 23.8 Å². The zero-order valence-electron chi connectivity index (χ0n) is 10.9. The van der Waals surface area contributed by atoms with E-state index in [9.17, 15) is 9.59 Å². The fraction of sp³-hybridized carbons (Fsp3) is 0.429. The van der Waals surface area contributed by atoms with Crippen molar-refractivity contribution in [2.45, 2.75) is 13.0 Å². The summed E-state index contributed by atoms with van der Waals surface area (Å²) in [5.41, 5.74) is 1.22. The van der Waals surface area contributed by atoms with Gasteiger partial charge in [-0.05, 0) is 13.0 Å². The molecule has 3 aliphatic rings. The van der Waals surface area contributed by atoms with E-state index in [1.54, 1.807) is 6.07 Å². The van der Waals surface area contributed by atoms with Gasteiger partial charge in [0.2, 0.25) is 12.5 Å². The van der Waals surface area contributed by atoms with E-state index in [4.69, 9.17) is 14.2 Å². The van der Waals surface area contributed by atoms with Crippen LogP contribution >= 0.6 is 0 Å². The van der Waals surface area contributed by atoms with Crippen molar-refractivity contribution in [2.24, 2.45) is 5.92 Å². The van der Waals surface area contributed by atoms with Gasteiger partial charge in [-0.1, -0.05) is 0 Å². The fourth-order valence-corrected chi connectivity index (χ4v) is 2.99. The molecular formula is C14H13NO5. The van der Waals surface area contributed by atoms with Crippen molar-refractivity contribution in [2.75, 3.05) is 24.8 Å². The predicted octanol–water partition coefficient (Wildman–Crippen LogP) is 1.01. The summed E-state index contributed by atoms with van der Waals surface area (Å²) in [5, 5.41) is 0. The molecule has 0 radical (unpaired) electrons. The summed E-state index contributed by atoms with van der Waals surface area (Å²) >= 11 is 0. The SMILES string of the molecule is CC1COc2c3c(cc4c2N1CC(C=O)C4=O)OCO3. The molecule has 0 fully saturated rings. The van der Waals surface area contributed by atoms with E-state index in [0.29, 0.717) is 36.0 Å². The second kappa shape index (κ2) is 3.88. The number of Topliss-reactive ketones (excluding diaryl/α,β-unsaturated/α-hetero) is 1. The van der Waals surface area contributed by atoms with E-state index in [2.05, 4.69) is 4.90 Å². The van der Waals surface area contributed by atoms with Crippen LogP contribution in [0.3, 0.4) is 0 Å². The van der Waals surface area contributed by atoms with Crippen LogP contribution in [0.2, 0.25) is 0 Å². The van der Waals surface area contributed by atoms with Gasteiger partial charge in [0.25, 0.3) is 0 Å². The summed E-state index contributed by atoms with van der Waals surface area (Å²) in [4.78, 5) is 25.6. The van der Waals surface area contributed by atoms with Crippen molar-refractivity contribution in [1.29, 1.82) is 0 Å². The van der Waals surface area contributed by atoms with E-state index in [-0.39, 0.29) is 18.6 Å². The zero-order chi connectivity index (χ0) is 13.9. The Bertz CT molecular complexity index is 626. The number of aldehydes is 1. The summed E-state index contributed by atoms with van der Waals surface area (Å²) < 4.78 is 16.5. The minimum Gasteiger partial charge on any atom is -0.485 e. The van der Waals surface area contributed by atoms with Gasteiger partial charge < -0.3 is 23.9 Å². The van der Waals surface area contributed by atoms with E-state index in [1.165, 1.54) is 0 Å². The van der Waals surface area contributed by atoms with Crippen LogP contribution in [0.5, 0.6) is 17.2 Å². The predicted molar refractivity (Wildman–Crippen MR) is 68.8 cm³/mol. The Hall–Kier alpha value is -2.24. The number of rotatable bonds is 1. The Labute approximate surface area is 115 Å². The first-order valence-electron chi connectivity index (χ1n) is 6.56. The van der Waals surface area contributed by atoms with Crippen LogP contribution in [0.25, 0.3) is 0 Å². The third-order valence-corrected chi connectivity index (χ3v) is 4.04. The number of hydrogen-bond donors (Lipinski definition) is 0. The van der Waals surface area contributed by atoms with Crippen molar-refractivity contribution in [3.8, 4) is 17.2 Å². The normalized spacial score (nSPS) is 26.1. The molecule has 0 amide bonds. The van der Waals surface area contributed by atoms with Gasteiger partial charge in [0.05, 0.1) is 17.6 Å². The van der Waals surface area contributed by atoms with Gasteiger partial charge in [-0.25, -0.2) is 0 Å². The first-order chi connectivity index (χ1) is 9.70. The van der Waals surface area contributed by atoms with Crippen LogP contribution in [-0.2, 0) is 4.79 Å². The molecule has 2 atom stereocenters. The smallest absolute Gasteiger partial charge is 0.231 e. The van der Waals surface area contributed by atoms with E-state index in [1.807, 2.05) is 6.92 Å². The molecule has 3 aliphatic heterocycles. The lowest BCUT2D eigenvalue weighted by atomic mass is 9.89. The third-order valence-electron chi connectivity index (χ3n) is 4.04. The molecule has 3 heterocycles. The van der Waals surface area contributed by atoms with Crippen LogP contribution in [0.4, 0.5) is 5.69 Å². The van der Waals surface area contributed by atoms with E-state index in [0.717, 1.165) is 12.0 Å². The lowest BCUT2D eigenvalue weighted by molar-refractivity contribution is -0.109. The number of nitrogens with zero attached hydrogens (tertiary/aromatic N) is 1. The average Bonchev–Trinajstić information content (AvgIpc) is 2.92. The van der Waals surface area contributed by atoms with Crippen molar-refractivity contribution >= 4 is 17.8 Å². The fourth-order valence-electron chi connectivity index (χ4n) is 2.99. The number of ether oxygens (including phenoxy) is 3. The molecule has 6 heteroatoms. The Morgan fingerprint density at radius 2 is 2.15 bits per heavy atom. The maximum Gasteiger partial charge on any atom is 0.231 e. The lowest BCUT2D eigenvalue weighted by Crippen LogP contribution is -2.49. The molecule has 1 aromatic rings. The van der Waals surface area contributed by atoms with Crippen molar-refractivity contribution in [3.05, 3.63) is 11.6 Å². The van der Waals surface area contributed by atoms with E-state index >= 15 is 0 Å². The monoisotopic (exact) mass is 275 g/mol. The number of benzene rings is 1. The number of fused-ring (bicyclic) bond motifs is 2. The first-order valence-corrected chi connectivity index (χ1v) is 6.56. The second-order valence-electron chi connectivity index (χ2n) is 5.25. The molecule has 0 N–H and O–H groups in total. The average molecular weight is 275 g/mol. The molecule has 0 saturated carbocycles. The largest absolute Gasteiger partial charge is 0.485 e. The maximum atomic E-state index is 12.4. The number of hydrogen-bond acceptors (Lipinski definition) is 6. The van der Waals surface area contributed by atoms with Crippen LogP contribution in [0, 0.1) is 5.92 Å². The standard InChI is InChI=1S/C14H13NO5/c1-7-5-18-14-11-9(2-10-13(14)20-6-19-10)12(17)8(4-16)3-15(7)11/h2,4,7-8H,3,5-6H2,1H3. The Balaban J connectivity index is 1.98. The third kappa shape index (κ3) is 1.33. The highest BCUT2D eigenvalue weighted by atomic mass is 16.7. The van der Waals surface area contributed by atoms with Gasteiger partial charge in [-0.2, -0.15) is 0 Å². The first kappa shape index (κ1) is 11.6. The van der Waals surface area contributed by atoms with Gasteiger partial charge in [-0.15, -0.1) is 0 Å². The molecule has 0 saturated heterocycles. The van der Waals surface area contributed by atoms with Crippen LogP contribution in [0.1, 0.15) is 17.3 Å². The van der Waals surface area contributed by atoms with Crippen molar-refractivity contribution in [1.82, 2.24) is 0 Å². The van der Waals surface area contributed by atoms with Gasteiger partial charge >= 0.3 is 0 Å². The van der Waals surface area contributed by atoms with Crippen LogP contribution < -0.4 is 19.1 Å². The maximum absolute atomic E-state index is 12.4. The molecule has 0 aliphatic carbocycles. The Morgan fingerprint density at radius 1 is 1.30 bits per heavy atom. The number of carbonyl (C=O) groups excluding carboxylic acids is 2. The number of anilines is 1. The highest BCUT2D eigenvalue weighted by Gasteiger charge is 2.42. The van der Waals surface area contributed by atoms with Gasteiger partial charge in [-0.3, -0.25) is 4.79 Å². The Kier molecular flexibility index (Phi) is 2.24. The summed E-state index contributed by atoms with van der Waals surface area (Å²) in [6, 6.07) is 1.77. The quantitative estimate of drug-likeness (QED) is 0.563. The lowest BCUT2D eigenvalue weighted by Gasteiger charge is -2.42. The topological polar surface area (TPSA) is 65.1 Å². The van der Waals surface area contributed by atoms with Crippen LogP contribution in [0.15, 0.2) is 6.07 Å². The number of ketones is 1. The zero-order valence-corrected chi connectivity index (χ0v) is 10.9. The molecule has 0 spiro atoms. The molecule has 4 rings (SSSR count). The summed E-state index contributed by atoms with van der Waals surface area (Å²) in [6.07, 6.45) is 0.720. The van der Waals surface area contributed by atoms with Crippen molar-refractivity contribution in [3.63, 3.8) is 0 Å². The molecule has 0 aromatic heterocycles.